The second kappa shape index (κ2) is 4.94. The molecule has 0 atom stereocenters. The Labute approximate surface area is 121 Å². The Hall–Kier alpha value is -2.39. The number of fused-ring (bicyclic) bond motifs is 1. The Morgan fingerprint density at radius 1 is 0.850 bits per heavy atom. The molecule has 0 amide bonds. The first-order valence-corrected chi connectivity index (χ1v) is 6.59. The molecule has 20 heavy (non-hydrogen) atoms. The number of ketones is 2. The van der Waals surface area contributed by atoms with Crippen molar-refractivity contribution in [3.05, 3.63) is 82.9 Å². The van der Waals surface area contributed by atoms with Crippen molar-refractivity contribution < 1.29 is 9.59 Å². The monoisotopic (exact) mass is 278 g/mol. The highest BCUT2D eigenvalue weighted by molar-refractivity contribution is 7.81. The summed E-state index contributed by atoms with van der Waals surface area (Å²) in [5.74, 6) is -0.382. The van der Waals surface area contributed by atoms with Crippen molar-refractivity contribution in [1.82, 2.24) is 0 Å². The smallest absolute Gasteiger partial charge is 0.194 e. The van der Waals surface area contributed by atoms with E-state index in [2.05, 4.69) is 0 Å². The summed E-state index contributed by atoms with van der Waals surface area (Å²) in [6.45, 7) is 0. The van der Waals surface area contributed by atoms with E-state index in [1.54, 1.807) is 42.5 Å². The lowest BCUT2D eigenvalue weighted by Crippen LogP contribution is -2.21. The summed E-state index contributed by atoms with van der Waals surface area (Å²) in [4.78, 5) is 25.0. The number of rotatable bonds is 2. The minimum absolute atomic E-state index is 0.173. The van der Waals surface area contributed by atoms with Gasteiger partial charge in [-0.05, 0) is 6.08 Å². The summed E-state index contributed by atoms with van der Waals surface area (Å²) < 4.78 is 0. The van der Waals surface area contributed by atoms with Crippen LogP contribution in [-0.2, 0) is 0 Å². The van der Waals surface area contributed by atoms with Crippen LogP contribution >= 0.6 is 12.2 Å². The molecule has 0 radical (unpaired) electrons. The third-order valence-corrected chi connectivity index (χ3v) is 3.68. The normalized spacial score (nSPS) is 13.7. The third-order valence-electron chi connectivity index (χ3n) is 3.24. The first-order chi connectivity index (χ1) is 9.68. The van der Waals surface area contributed by atoms with Gasteiger partial charge < -0.3 is 0 Å². The Kier molecular flexibility index (Phi) is 3.12. The third kappa shape index (κ3) is 2.02. The van der Waals surface area contributed by atoms with Crippen LogP contribution in [0.3, 0.4) is 0 Å². The molecular weight excluding hydrogens is 268 g/mol. The van der Waals surface area contributed by atoms with Crippen LogP contribution in [0.2, 0.25) is 0 Å². The number of hydrogen-bond donors (Lipinski definition) is 0. The van der Waals surface area contributed by atoms with E-state index in [1.807, 2.05) is 12.1 Å². The SMILES string of the molecule is O=C(C1=CC(=O)c2ccccc2C1=S)c1ccccc1. The number of allylic oxidation sites excluding steroid dienone is 2. The molecule has 0 aromatic heterocycles. The Balaban J connectivity index is 2.07. The van der Waals surface area contributed by atoms with E-state index in [0.717, 1.165) is 0 Å². The van der Waals surface area contributed by atoms with Gasteiger partial charge in [0.15, 0.2) is 11.6 Å². The molecule has 0 N–H and O–H groups in total. The first-order valence-electron chi connectivity index (χ1n) is 6.18. The average Bonchev–Trinajstić information content (AvgIpc) is 2.51. The molecule has 0 saturated carbocycles. The minimum Gasteiger partial charge on any atom is -0.289 e. The van der Waals surface area contributed by atoms with Gasteiger partial charge >= 0.3 is 0 Å². The molecule has 1 aliphatic rings. The standard InChI is InChI=1S/C17H10O2S/c18-15-10-14(16(19)11-6-2-1-3-7-11)17(20)13-9-5-4-8-12(13)15/h1-10H. The maximum absolute atomic E-state index is 12.5. The van der Waals surface area contributed by atoms with Crippen LogP contribution in [0.25, 0.3) is 0 Å². The highest BCUT2D eigenvalue weighted by atomic mass is 32.1. The number of thiocarbonyl (C=S) groups is 1. The van der Waals surface area contributed by atoms with Crippen molar-refractivity contribution in [2.24, 2.45) is 0 Å². The van der Waals surface area contributed by atoms with Crippen LogP contribution in [-0.4, -0.2) is 16.4 Å². The second-order valence-electron chi connectivity index (χ2n) is 4.49. The zero-order valence-corrected chi connectivity index (χ0v) is 11.3. The van der Waals surface area contributed by atoms with E-state index in [4.69, 9.17) is 12.2 Å². The molecular formula is C17H10O2S. The molecule has 1 aliphatic carbocycles. The number of hydrogen-bond acceptors (Lipinski definition) is 3. The molecule has 96 valence electrons. The van der Waals surface area contributed by atoms with Crippen molar-refractivity contribution in [1.29, 1.82) is 0 Å². The number of benzene rings is 2. The van der Waals surface area contributed by atoms with Gasteiger partial charge in [-0.25, -0.2) is 0 Å². The largest absolute Gasteiger partial charge is 0.289 e. The molecule has 2 aromatic carbocycles. The van der Waals surface area contributed by atoms with Crippen LogP contribution < -0.4 is 0 Å². The van der Waals surface area contributed by atoms with Crippen molar-refractivity contribution in [2.45, 2.75) is 0 Å². The topological polar surface area (TPSA) is 34.1 Å². The fourth-order valence-corrected chi connectivity index (χ4v) is 2.56. The average molecular weight is 278 g/mol. The maximum Gasteiger partial charge on any atom is 0.194 e. The lowest BCUT2D eigenvalue weighted by atomic mass is 9.87. The molecule has 0 aliphatic heterocycles. The lowest BCUT2D eigenvalue weighted by Gasteiger charge is -2.16. The van der Waals surface area contributed by atoms with Gasteiger partial charge in [0.25, 0.3) is 0 Å². The summed E-state index contributed by atoms with van der Waals surface area (Å²) in [5.41, 5.74) is 2.06. The molecule has 2 nitrogen and oxygen atoms in total. The lowest BCUT2D eigenvalue weighted by molar-refractivity contribution is 0.101. The molecule has 2 aromatic rings. The fourth-order valence-electron chi connectivity index (χ4n) is 2.23. The van der Waals surface area contributed by atoms with Gasteiger partial charge in [0.05, 0.1) is 4.86 Å². The maximum atomic E-state index is 12.5. The summed E-state index contributed by atoms with van der Waals surface area (Å²) >= 11 is 5.37. The van der Waals surface area contributed by atoms with Gasteiger partial charge in [-0.3, -0.25) is 9.59 Å². The van der Waals surface area contributed by atoms with Gasteiger partial charge in [-0.15, -0.1) is 0 Å². The summed E-state index contributed by atoms with van der Waals surface area (Å²) in [7, 11) is 0. The summed E-state index contributed by atoms with van der Waals surface area (Å²) in [6.07, 6.45) is 1.35. The Morgan fingerprint density at radius 2 is 1.45 bits per heavy atom. The first kappa shape index (κ1) is 12.6. The number of carbonyl (C=O) groups is 2. The Morgan fingerprint density at radius 3 is 2.15 bits per heavy atom. The number of Topliss-reactive ketones (excluding diaryl/α,β-unsaturated/α-hetero) is 1. The molecule has 0 fully saturated rings. The molecule has 3 rings (SSSR count). The molecule has 0 heterocycles. The van der Waals surface area contributed by atoms with Crippen molar-refractivity contribution in [2.75, 3.05) is 0 Å². The Bertz CT molecular complexity index is 758. The molecule has 3 heteroatoms. The molecule has 0 saturated heterocycles. The highest BCUT2D eigenvalue weighted by Gasteiger charge is 2.26. The summed E-state index contributed by atoms with van der Waals surface area (Å²) in [6, 6.07) is 16.0. The van der Waals surface area contributed by atoms with E-state index in [0.29, 0.717) is 27.1 Å². The van der Waals surface area contributed by atoms with Crippen LogP contribution in [0.4, 0.5) is 0 Å². The zero-order chi connectivity index (χ0) is 14.1. The molecule has 0 bridgehead atoms. The van der Waals surface area contributed by atoms with E-state index in [9.17, 15) is 9.59 Å². The summed E-state index contributed by atoms with van der Waals surface area (Å²) in [5, 5.41) is 0. The van der Waals surface area contributed by atoms with Crippen LogP contribution in [0.1, 0.15) is 26.3 Å². The van der Waals surface area contributed by atoms with Crippen molar-refractivity contribution in [3.8, 4) is 0 Å². The van der Waals surface area contributed by atoms with Gasteiger partial charge in [0.1, 0.15) is 0 Å². The molecule has 0 spiro atoms. The van der Waals surface area contributed by atoms with Crippen LogP contribution in [0.15, 0.2) is 66.2 Å². The van der Waals surface area contributed by atoms with Crippen LogP contribution in [0.5, 0.6) is 0 Å². The van der Waals surface area contributed by atoms with E-state index in [-0.39, 0.29) is 11.6 Å². The minimum atomic E-state index is -0.210. The number of carbonyl (C=O) groups excluding carboxylic acids is 2. The second-order valence-corrected chi connectivity index (χ2v) is 4.90. The van der Waals surface area contributed by atoms with E-state index < -0.39 is 0 Å². The predicted molar refractivity (Wildman–Crippen MR) is 81.3 cm³/mol. The van der Waals surface area contributed by atoms with Crippen LogP contribution in [0, 0.1) is 0 Å². The fraction of sp³-hybridized carbons (Fsp3) is 0. The van der Waals surface area contributed by atoms with Gasteiger partial charge in [-0.2, -0.15) is 0 Å². The van der Waals surface area contributed by atoms with Crippen molar-refractivity contribution in [3.63, 3.8) is 0 Å². The van der Waals surface area contributed by atoms with Gasteiger partial charge in [0.2, 0.25) is 0 Å². The zero-order valence-electron chi connectivity index (χ0n) is 10.5. The quantitative estimate of drug-likeness (QED) is 0.623. The van der Waals surface area contributed by atoms with Gasteiger partial charge in [0, 0.05) is 22.3 Å². The van der Waals surface area contributed by atoms with Gasteiger partial charge in [-0.1, -0.05) is 66.8 Å². The predicted octanol–water partition coefficient (Wildman–Crippen LogP) is 3.41. The van der Waals surface area contributed by atoms with E-state index >= 15 is 0 Å². The van der Waals surface area contributed by atoms with Crippen molar-refractivity contribution >= 4 is 28.6 Å². The highest BCUT2D eigenvalue weighted by Crippen LogP contribution is 2.24. The molecule has 0 unspecified atom stereocenters. The van der Waals surface area contributed by atoms with E-state index in [1.165, 1.54) is 6.08 Å².